The first-order valence-electron chi connectivity index (χ1n) is 11.2. The van der Waals surface area contributed by atoms with Crippen molar-refractivity contribution < 1.29 is 15.0 Å². The Morgan fingerprint density at radius 3 is 3.03 bits per heavy atom. The zero-order valence-electron chi connectivity index (χ0n) is 19.5. The summed E-state index contributed by atoms with van der Waals surface area (Å²) in [5.41, 5.74) is 0.0958. The van der Waals surface area contributed by atoms with Gasteiger partial charge >= 0.3 is 0 Å². The third-order valence-corrected chi connectivity index (χ3v) is 5.52. The molecule has 1 amide bonds. The molecule has 1 N–H and O–H groups in total. The standard InChI is InChI=1S/C20H22N6O2S/c1-28-18(15-6-3-2-4-7-15)19(27)22-20-25-24-17(29-20)12-14-9-11-26(13-14)16-8-5-10-21-23-16/h2-8,10,14,18H,9,11-13H2,1H3,(H,22,25,27)/t14-,18+/m0/s1/i1D3,18D. The van der Waals surface area contributed by atoms with Gasteiger partial charge in [-0.15, -0.1) is 15.3 Å². The summed E-state index contributed by atoms with van der Waals surface area (Å²) < 4.78 is 35.6. The monoisotopic (exact) mass is 414 g/mol. The Morgan fingerprint density at radius 1 is 1.34 bits per heavy atom. The normalized spacial score (nSPS) is 20.8. The van der Waals surface area contributed by atoms with Crippen LogP contribution in [0.3, 0.4) is 0 Å². The van der Waals surface area contributed by atoms with Gasteiger partial charge in [0.05, 0.1) is 5.48 Å². The van der Waals surface area contributed by atoms with Gasteiger partial charge in [-0.2, -0.15) is 5.10 Å². The molecule has 0 radical (unpaired) electrons. The lowest BCUT2D eigenvalue weighted by Gasteiger charge is -2.15. The van der Waals surface area contributed by atoms with Gasteiger partial charge in [-0.3, -0.25) is 10.1 Å². The highest BCUT2D eigenvalue weighted by atomic mass is 32.1. The van der Waals surface area contributed by atoms with Crippen LogP contribution >= 0.6 is 11.3 Å². The molecule has 0 spiro atoms. The smallest absolute Gasteiger partial charge is 0.259 e. The molecule has 0 saturated carbocycles. The molecular weight excluding hydrogens is 388 g/mol. The number of nitrogens with one attached hydrogen (secondary N) is 1. The van der Waals surface area contributed by atoms with Crippen molar-refractivity contribution >= 4 is 28.2 Å². The minimum atomic E-state index is -2.95. The molecule has 3 heterocycles. The van der Waals surface area contributed by atoms with Gasteiger partial charge in [0.25, 0.3) is 5.91 Å². The predicted molar refractivity (Wildman–Crippen MR) is 111 cm³/mol. The van der Waals surface area contributed by atoms with Gasteiger partial charge in [0.1, 0.15) is 5.01 Å². The second-order valence-electron chi connectivity index (χ2n) is 6.64. The summed E-state index contributed by atoms with van der Waals surface area (Å²) in [6, 6.07) is 11.6. The molecule has 1 saturated heterocycles. The van der Waals surface area contributed by atoms with E-state index in [1.54, 1.807) is 24.4 Å². The Balaban J connectivity index is 1.41. The highest BCUT2D eigenvalue weighted by Gasteiger charge is 2.26. The van der Waals surface area contributed by atoms with Crippen LogP contribution in [0.5, 0.6) is 0 Å². The number of rotatable bonds is 7. The first-order valence-corrected chi connectivity index (χ1v) is 9.97. The lowest BCUT2D eigenvalue weighted by molar-refractivity contribution is -0.126. The topological polar surface area (TPSA) is 93.1 Å². The van der Waals surface area contributed by atoms with Gasteiger partial charge in [-0.25, -0.2) is 0 Å². The molecule has 29 heavy (non-hydrogen) atoms. The fraction of sp³-hybridized carbons (Fsp3) is 0.350. The van der Waals surface area contributed by atoms with Crippen molar-refractivity contribution in [3.63, 3.8) is 0 Å². The number of carbonyl (C=O) groups excluding carboxylic acids is 1. The fourth-order valence-corrected chi connectivity index (χ4v) is 4.13. The molecule has 4 rings (SSSR count). The Kier molecular flexibility index (Phi) is 4.69. The molecule has 9 heteroatoms. The van der Waals surface area contributed by atoms with Gasteiger partial charge in [0, 0.05) is 32.7 Å². The Morgan fingerprint density at radius 2 is 2.24 bits per heavy atom. The van der Waals surface area contributed by atoms with E-state index in [2.05, 4.69) is 30.6 Å². The second kappa shape index (κ2) is 9.06. The minimum absolute atomic E-state index is 0.0958. The number of benzene rings is 1. The van der Waals surface area contributed by atoms with Crippen LogP contribution in [0.15, 0.2) is 48.7 Å². The number of hydrogen-bond donors (Lipinski definition) is 1. The summed E-state index contributed by atoms with van der Waals surface area (Å²) in [7, 11) is -2.95. The SMILES string of the molecule is [2H]C([2H])([2H])O[C@@]([2H])(C(=O)Nc1nnc(C[C@@H]2CCN(c3cccnn3)C2)s1)c1ccccc1. The summed E-state index contributed by atoms with van der Waals surface area (Å²) >= 11 is 1.19. The molecule has 0 aliphatic carbocycles. The zero-order chi connectivity index (χ0) is 23.5. The lowest BCUT2D eigenvalue weighted by atomic mass is 10.1. The molecule has 0 bridgehead atoms. The maximum Gasteiger partial charge on any atom is 0.259 e. The number of hydrogen-bond acceptors (Lipinski definition) is 8. The van der Waals surface area contributed by atoms with E-state index in [0.717, 1.165) is 30.3 Å². The molecule has 1 aliphatic heterocycles. The Bertz CT molecular complexity index is 1080. The summed E-state index contributed by atoms with van der Waals surface area (Å²) in [6.45, 7) is 1.69. The van der Waals surface area contributed by atoms with Crippen LogP contribution in [0.4, 0.5) is 10.9 Å². The molecule has 1 aromatic carbocycles. The largest absolute Gasteiger partial charge is 0.367 e. The quantitative estimate of drug-likeness (QED) is 0.635. The predicted octanol–water partition coefficient (Wildman–Crippen LogP) is 2.72. The Labute approximate surface area is 178 Å². The second-order valence-corrected chi connectivity index (χ2v) is 7.70. The van der Waals surface area contributed by atoms with Crippen LogP contribution in [0.1, 0.15) is 28.6 Å². The van der Waals surface area contributed by atoms with Crippen LogP contribution < -0.4 is 10.2 Å². The number of nitrogens with zero attached hydrogens (tertiary/aromatic N) is 5. The molecule has 0 unspecified atom stereocenters. The van der Waals surface area contributed by atoms with Gasteiger partial charge in [0.15, 0.2) is 11.9 Å². The first kappa shape index (κ1) is 15.0. The van der Waals surface area contributed by atoms with E-state index in [9.17, 15) is 4.79 Å². The minimum Gasteiger partial charge on any atom is -0.367 e. The molecule has 2 aromatic heterocycles. The molecule has 3 aromatic rings. The summed E-state index contributed by atoms with van der Waals surface area (Å²) in [6.07, 6.45) is 0.816. The zero-order valence-corrected chi connectivity index (χ0v) is 16.3. The number of anilines is 2. The highest BCUT2D eigenvalue weighted by molar-refractivity contribution is 7.15. The maximum absolute atomic E-state index is 12.9. The molecular formula is C20H22N6O2S. The van der Waals surface area contributed by atoms with Crippen molar-refractivity contribution in [3.05, 3.63) is 59.2 Å². The van der Waals surface area contributed by atoms with E-state index in [0.29, 0.717) is 12.3 Å². The van der Waals surface area contributed by atoms with Crippen LogP contribution in [0, 0.1) is 5.92 Å². The number of methoxy groups -OCH3 is 1. The molecule has 1 fully saturated rings. The Hall–Kier alpha value is -2.91. The number of ether oxygens (including phenoxy) is 1. The van der Waals surface area contributed by atoms with Gasteiger partial charge in [-0.1, -0.05) is 41.7 Å². The van der Waals surface area contributed by atoms with Gasteiger partial charge < -0.3 is 9.64 Å². The van der Waals surface area contributed by atoms with Crippen molar-refractivity contribution in [1.82, 2.24) is 20.4 Å². The van der Waals surface area contributed by atoms with Crippen LogP contribution in [-0.2, 0) is 16.0 Å². The van der Waals surface area contributed by atoms with Gasteiger partial charge in [-0.05, 0) is 30.0 Å². The average Bonchev–Trinajstić information content (AvgIpc) is 3.43. The highest BCUT2D eigenvalue weighted by Crippen LogP contribution is 2.27. The van der Waals surface area contributed by atoms with Crippen molar-refractivity contribution in [1.29, 1.82) is 0 Å². The lowest BCUT2D eigenvalue weighted by Crippen LogP contribution is -2.22. The van der Waals surface area contributed by atoms with Gasteiger partial charge in [0.2, 0.25) is 5.13 Å². The maximum atomic E-state index is 12.9. The number of amides is 1. The van der Waals surface area contributed by atoms with E-state index in [1.165, 1.54) is 23.5 Å². The van der Waals surface area contributed by atoms with Crippen molar-refractivity contribution in [2.75, 3.05) is 30.3 Å². The third kappa shape index (κ3) is 4.75. The summed E-state index contributed by atoms with van der Waals surface area (Å²) in [4.78, 5) is 15.1. The van der Waals surface area contributed by atoms with E-state index < -0.39 is 19.0 Å². The number of carbonyl (C=O) groups is 1. The van der Waals surface area contributed by atoms with Crippen molar-refractivity contribution in [2.45, 2.75) is 18.9 Å². The summed E-state index contributed by atoms with van der Waals surface area (Å²) in [5.74, 6) is 0.233. The van der Waals surface area contributed by atoms with Crippen LogP contribution in [-0.4, -0.2) is 46.4 Å². The first-order chi connectivity index (χ1) is 15.7. The number of aromatic nitrogens is 4. The van der Waals surface area contributed by atoms with Crippen LogP contribution in [0.25, 0.3) is 0 Å². The molecule has 1 aliphatic rings. The average molecular weight is 415 g/mol. The van der Waals surface area contributed by atoms with E-state index in [-0.39, 0.29) is 10.7 Å². The van der Waals surface area contributed by atoms with E-state index >= 15 is 0 Å². The molecule has 150 valence electrons. The van der Waals surface area contributed by atoms with E-state index in [1.807, 2.05) is 12.1 Å². The molecule has 8 nitrogen and oxygen atoms in total. The summed E-state index contributed by atoms with van der Waals surface area (Å²) in [5, 5.41) is 19.6. The van der Waals surface area contributed by atoms with Crippen molar-refractivity contribution in [3.8, 4) is 0 Å². The van der Waals surface area contributed by atoms with Crippen LogP contribution in [0.2, 0.25) is 0 Å². The van der Waals surface area contributed by atoms with Crippen molar-refractivity contribution in [2.24, 2.45) is 5.92 Å². The molecule has 2 atom stereocenters. The van der Waals surface area contributed by atoms with E-state index in [4.69, 9.17) is 10.2 Å². The fourth-order valence-electron chi connectivity index (χ4n) is 3.28. The third-order valence-electron chi connectivity index (χ3n) is 4.66.